The number of hydrogen-bond acceptors (Lipinski definition) is 4. The summed E-state index contributed by atoms with van der Waals surface area (Å²) in [7, 11) is -1.39. The first-order chi connectivity index (χ1) is 8.03. The Balaban J connectivity index is 2.29. The molecule has 0 radical (unpaired) electrons. The SMILES string of the molecule is CCNCCCS(=O)(=O)NCc1ccn(C)n1. The van der Waals surface area contributed by atoms with Crippen molar-refractivity contribution in [1.29, 1.82) is 0 Å². The first kappa shape index (κ1) is 14.1. The third-order valence-electron chi connectivity index (χ3n) is 2.26. The van der Waals surface area contributed by atoms with Gasteiger partial charge >= 0.3 is 0 Å². The van der Waals surface area contributed by atoms with E-state index in [1.165, 1.54) is 0 Å². The van der Waals surface area contributed by atoms with Gasteiger partial charge in [-0.1, -0.05) is 6.92 Å². The van der Waals surface area contributed by atoms with Gasteiger partial charge in [0, 0.05) is 13.2 Å². The number of rotatable bonds is 8. The Morgan fingerprint density at radius 1 is 1.47 bits per heavy atom. The van der Waals surface area contributed by atoms with Crippen LogP contribution in [0.1, 0.15) is 19.0 Å². The average molecular weight is 260 g/mol. The van der Waals surface area contributed by atoms with Crippen LogP contribution in [-0.2, 0) is 23.6 Å². The van der Waals surface area contributed by atoms with E-state index in [1.54, 1.807) is 24.0 Å². The van der Waals surface area contributed by atoms with E-state index in [4.69, 9.17) is 0 Å². The molecule has 0 atom stereocenters. The summed E-state index contributed by atoms with van der Waals surface area (Å²) < 4.78 is 27.4. The molecule has 0 amide bonds. The van der Waals surface area contributed by atoms with Gasteiger partial charge in [0.25, 0.3) is 0 Å². The lowest BCUT2D eigenvalue weighted by atomic mass is 10.4. The van der Waals surface area contributed by atoms with Crippen LogP contribution in [0.5, 0.6) is 0 Å². The summed E-state index contributed by atoms with van der Waals surface area (Å²) in [5.74, 6) is 0.146. The van der Waals surface area contributed by atoms with E-state index in [0.717, 1.165) is 18.8 Å². The number of sulfonamides is 1. The number of aryl methyl sites for hydroxylation is 1. The smallest absolute Gasteiger partial charge is 0.211 e. The van der Waals surface area contributed by atoms with Gasteiger partial charge in [0.2, 0.25) is 10.0 Å². The van der Waals surface area contributed by atoms with Gasteiger partial charge in [0.15, 0.2) is 0 Å². The van der Waals surface area contributed by atoms with Crippen molar-refractivity contribution in [3.8, 4) is 0 Å². The molecule has 1 aromatic rings. The monoisotopic (exact) mass is 260 g/mol. The van der Waals surface area contributed by atoms with Crippen molar-refractivity contribution in [2.45, 2.75) is 19.9 Å². The lowest BCUT2D eigenvalue weighted by Gasteiger charge is -2.05. The molecule has 0 aliphatic rings. The van der Waals surface area contributed by atoms with E-state index < -0.39 is 10.0 Å². The minimum Gasteiger partial charge on any atom is -0.317 e. The van der Waals surface area contributed by atoms with Gasteiger partial charge in [-0.3, -0.25) is 4.68 Å². The van der Waals surface area contributed by atoms with E-state index >= 15 is 0 Å². The molecular weight excluding hydrogens is 240 g/mol. The molecule has 0 fully saturated rings. The molecule has 0 saturated heterocycles. The third-order valence-corrected chi connectivity index (χ3v) is 3.67. The van der Waals surface area contributed by atoms with Crippen molar-refractivity contribution in [3.05, 3.63) is 18.0 Å². The van der Waals surface area contributed by atoms with Crippen LogP contribution < -0.4 is 10.0 Å². The van der Waals surface area contributed by atoms with Crippen LogP contribution in [0.3, 0.4) is 0 Å². The zero-order valence-corrected chi connectivity index (χ0v) is 11.1. The number of aromatic nitrogens is 2. The highest BCUT2D eigenvalue weighted by Gasteiger charge is 2.09. The van der Waals surface area contributed by atoms with E-state index in [0.29, 0.717) is 6.42 Å². The van der Waals surface area contributed by atoms with Gasteiger partial charge in [-0.25, -0.2) is 13.1 Å². The fourth-order valence-electron chi connectivity index (χ4n) is 1.38. The average Bonchev–Trinajstić information content (AvgIpc) is 2.68. The zero-order valence-electron chi connectivity index (χ0n) is 10.3. The Kier molecular flexibility index (Phi) is 5.60. The van der Waals surface area contributed by atoms with E-state index in [-0.39, 0.29) is 12.3 Å². The van der Waals surface area contributed by atoms with Crippen LogP contribution in [0.4, 0.5) is 0 Å². The summed E-state index contributed by atoms with van der Waals surface area (Å²) in [6.07, 6.45) is 2.40. The lowest BCUT2D eigenvalue weighted by molar-refractivity contribution is 0.574. The molecule has 1 aromatic heterocycles. The highest BCUT2D eigenvalue weighted by molar-refractivity contribution is 7.89. The molecule has 98 valence electrons. The van der Waals surface area contributed by atoms with Gasteiger partial charge in [-0.15, -0.1) is 0 Å². The maximum Gasteiger partial charge on any atom is 0.211 e. The van der Waals surface area contributed by atoms with Crippen molar-refractivity contribution < 1.29 is 8.42 Å². The largest absolute Gasteiger partial charge is 0.317 e. The molecule has 7 heteroatoms. The van der Waals surface area contributed by atoms with Crippen molar-refractivity contribution in [1.82, 2.24) is 19.8 Å². The third kappa shape index (κ3) is 5.81. The van der Waals surface area contributed by atoms with Crippen LogP contribution in [-0.4, -0.2) is 37.0 Å². The summed E-state index contributed by atoms with van der Waals surface area (Å²) in [6, 6.07) is 1.79. The molecule has 0 unspecified atom stereocenters. The summed E-state index contributed by atoms with van der Waals surface area (Å²) >= 11 is 0. The second kappa shape index (κ2) is 6.73. The van der Waals surface area contributed by atoms with Crippen molar-refractivity contribution in [2.75, 3.05) is 18.8 Å². The zero-order chi connectivity index (χ0) is 12.7. The molecular formula is C10H20N4O2S. The predicted molar refractivity (Wildman–Crippen MR) is 67.0 cm³/mol. The molecule has 6 nitrogen and oxygen atoms in total. The summed E-state index contributed by atoms with van der Waals surface area (Å²) in [4.78, 5) is 0. The minimum absolute atomic E-state index is 0.146. The second-order valence-corrected chi connectivity index (χ2v) is 5.75. The molecule has 1 rings (SSSR count). The Morgan fingerprint density at radius 3 is 2.82 bits per heavy atom. The Bertz CT molecular complexity index is 427. The number of nitrogens with zero attached hydrogens (tertiary/aromatic N) is 2. The Morgan fingerprint density at radius 2 is 2.24 bits per heavy atom. The summed E-state index contributed by atoms with van der Waals surface area (Å²) in [5, 5.41) is 7.19. The summed E-state index contributed by atoms with van der Waals surface area (Å²) in [6.45, 7) is 3.83. The van der Waals surface area contributed by atoms with Gasteiger partial charge < -0.3 is 5.32 Å². The van der Waals surface area contributed by atoms with Crippen molar-refractivity contribution >= 4 is 10.0 Å². The summed E-state index contributed by atoms with van der Waals surface area (Å²) in [5.41, 5.74) is 0.725. The van der Waals surface area contributed by atoms with Gasteiger partial charge in [-0.2, -0.15) is 5.10 Å². The quantitative estimate of drug-likeness (QED) is 0.637. The van der Waals surface area contributed by atoms with Crippen LogP contribution in [0.25, 0.3) is 0 Å². The Labute approximate surface area is 102 Å². The van der Waals surface area contributed by atoms with Gasteiger partial charge in [0.05, 0.1) is 18.0 Å². The fraction of sp³-hybridized carbons (Fsp3) is 0.700. The molecule has 17 heavy (non-hydrogen) atoms. The van der Waals surface area contributed by atoms with E-state index in [9.17, 15) is 8.42 Å². The second-order valence-electron chi connectivity index (χ2n) is 3.83. The van der Waals surface area contributed by atoms with Crippen molar-refractivity contribution in [3.63, 3.8) is 0 Å². The molecule has 1 heterocycles. The highest BCUT2D eigenvalue weighted by atomic mass is 32.2. The van der Waals surface area contributed by atoms with Crippen LogP contribution >= 0.6 is 0 Å². The molecule has 0 aliphatic carbocycles. The predicted octanol–water partition coefficient (Wildman–Crippen LogP) is -0.161. The molecule has 0 bridgehead atoms. The lowest BCUT2D eigenvalue weighted by Crippen LogP contribution is -2.28. The molecule has 2 N–H and O–H groups in total. The van der Waals surface area contributed by atoms with Crippen LogP contribution in [0, 0.1) is 0 Å². The van der Waals surface area contributed by atoms with Gasteiger partial charge in [-0.05, 0) is 25.6 Å². The van der Waals surface area contributed by atoms with Crippen molar-refractivity contribution in [2.24, 2.45) is 7.05 Å². The molecule has 0 aromatic carbocycles. The Hall–Kier alpha value is -0.920. The van der Waals surface area contributed by atoms with Gasteiger partial charge in [0.1, 0.15) is 0 Å². The van der Waals surface area contributed by atoms with Crippen LogP contribution in [0.15, 0.2) is 12.3 Å². The van der Waals surface area contributed by atoms with E-state index in [2.05, 4.69) is 15.1 Å². The number of hydrogen-bond donors (Lipinski definition) is 2. The standard InChI is InChI=1S/C10H20N4O2S/c1-3-11-6-4-8-17(15,16)12-9-10-5-7-14(2)13-10/h5,7,11-12H,3-4,6,8-9H2,1-2H3. The molecule has 0 aliphatic heterocycles. The normalized spacial score (nSPS) is 11.9. The maximum atomic E-state index is 11.6. The first-order valence-electron chi connectivity index (χ1n) is 5.70. The minimum atomic E-state index is -3.19. The topological polar surface area (TPSA) is 76.0 Å². The fourth-order valence-corrected chi connectivity index (χ4v) is 2.41. The van der Waals surface area contributed by atoms with E-state index in [1.807, 2.05) is 6.92 Å². The first-order valence-corrected chi connectivity index (χ1v) is 7.35. The van der Waals surface area contributed by atoms with Crippen LogP contribution in [0.2, 0.25) is 0 Å². The molecule has 0 spiro atoms. The molecule has 0 saturated carbocycles. The number of nitrogens with one attached hydrogen (secondary N) is 2. The highest BCUT2D eigenvalue weighted by Crippen LogP contribution is 1.96. The maximum absolute atomic E-state index is 11.6.